The van der Waals surface area contributed by atoms with E-state index in [-0.39, 0.29) is 18.6 Å². The number of benzene rings is 2. The number of fused-ring (bicyclic) bond motifs is 1. The average molecular weight is 485 g/mol. The van der Waals surface area contributed by atoms with Crippen molar-refractivity contribution < 1.29 is 28.8 Å². The van der Waals surface area contributed by atoms with Crippen LogP contribution >= 0.6 is 0 Å². The summed E-state index contributed by atoms with van der Waals surface area (Å²) < 4.78 is 22.5. The molecule has 0 aliphatic carbocycles. The normalized spacial score (nSPS) is 14.6. The highest BCUT2D eigenvalue weighted by molar-refractivity contribution is 5.79. The molecule has 1 aliphatic rings. The van der Waals surface area contributed by atoms with E-state index in [2.05, 4.69) is 6.58 Å². The van der Waals surface area contributed by atoms with Crippen molar-refractivity contribution in [2.45, 2.75) is 39.0 Å². The van der Waals surface area contributed by atoms with Crippen LogP contribution in [0.5, 0.6) is 23.0 Å². The fourth-order valence-electron chi connectivity index (χ4n) is 4.09. The highest BCUT2D eigenvalue weighted by Gasteiger charge is 2.29. The Morgan fingerprint density at radius 2 is 1.77 bits per heavy atom. The number of nitrogens with zero attached hydrogens (tertiary/aromatic N) is 2. The maximum Gasteiger partial charge on any atom is 0.224 e. The Bertz CT molecular complexity index is 992. The quantitative estimate of drug-likeness (QED) is 0.488. The average Bonchev–Trinajstić information content (AvgIpc) is 2.86. The van der Waals surface area contributed by atoms with Crippen LogP contribution in [0, 0.1) is 0 Å². The van der Waals surface area contributed by atoms with E-state index < -0.39 is 6.10 Å². The Hall–Kier alpha value is -3.39. The number of β-amino-alcohol motifs (C(OH)–C–C–N with tert-alkyl or cyclic N) is 1. The smallest absolute Gasteiger partial charge is 0.224 e. The minimum absolute atomic E-state index is 0.0313. The molecule has 8 heteroatoms. The summed E-state index contributed by atoms with van der Waals surface area (Å²) in [7, 11) is 3.20. The highest BCUT2D eigenvalue weighted by atomic mass is 16.5. The number of methoxy groups -OCH3 is 2. The second kappa shape index (κ2) is 12.4. The van der Waals surface area contributed by atoms with Crippen LogP contribution in [0.1, 0.15) is 25.8 Å². The fraction of sp³-hybridized carbons (Fsp3) is 0.444. The molecule has 0 saturated carbocycles. The Kier molecular flexibility index (Phi) is 9.25. The molecular formula is C27H36N2O6. The molecule has 0 fully saturated rings. The van der Waals surface area contributed by atoms with E-state index in [0.29, 0.717) is 49.9 Å². The minimum Gasteiger partial charge on any atom is -0.497 e. The standard InChI is InChI=1S/C27H36N2O6/c1-6-15-34-27-23-17-29(19(2)3)26(31)13-14-28(24(23)11-12-25(27)33-5)16-20(30)18-35-22-9-7-21(32-4)8-10-22/h6-12,19-20,30H,1,13-18H2,2-5H3. The summed E-state index contributed by atoms with van der Waals surface area (Å²) >= 11 is 0. The van der Waals surface area contributed by atoms with E-state index in [1.807, 2.05) is 35.8 Å². The number of carbonyl (C=O) groups excluding carboxylic acids is 1. The van der Waals surface area contributed by atoms with Crippen LogP contribution in [0.4, 0.5) is 5.69 Å². The van der Waals surface area contributed by atoms with Crippen molar-refractivity contribution in [2.24, 2.45) is 0 Å². The number of hydrogen-bond donors (Lipinski definition) is 1. The zero-order valence-corrected chi connectivity index (χ0v) is 21.0. The van der Waals surface area contributed by atoms with Gasteiger partial charge in [0.15, 0.2) is 11.5 Å². The van der Waals surface area contributed by atoms with Gasteiger partial charge in [0.1, 0.15) is 30.8 Å². The number of aliphatic hydroxyl groups is 1. The second-order valence-electron chi connectivity index (χ2n) is 8.65. The van der Waals surface area contributed by atoms with E-state index in [9.17, 15) is 9.90 Å². The maximum atomic E-state index is 13.0. The molecule has 1 atom stereocenters. The molecule has 8 nitrogen and oxygen atoms in total. The number of aliphatic hydroxyl groups excluding tert-OH is 1. The van der Waals surface area contributed by atoms with Crippen molar-refractivity contribution in [3.05, 3.63) is 54.6 Å². The first-order valence-electron chi connectivity index (χ1n) is 11.8. The monoisotopic (exact) mass is 484 g/mol. The molecule has 1 aliphatic heterocycles. The van der Waals surface area contributed by atoms with Gasteiger partial charge in [-0.05, 0) is 50.2 Å². The summed E-state index contributed by atoms with van der Waals surface area (Å²) in [5.74, 6) is 2.60. The number of hydrogen-bond acceptors (Lipinski definition) is 7. The summed E-state index contributed by atoms with van der Waals surface area (Å²) in [6.07, 6.45) is 1.24. The van der Waals surface area contributed by atoms with Crippen LogP contribution in [0.15, 0.2) is 49.1 Å². The molecule has 1 heterocycles. The molecule has 0 aromatic heterocycles. The third-order valence-electron chi connectivity index (χ3n) is 5.91. The van der Waals surface area contributed by atoms with E-state index in [1.165, 1.54) is 0 Å². The van der Waals surface area contributed by atoms with Crippen molar-refractivity contribution in [2.75, 3.05) is 45.4 Å². The SMILES string of the molecule is C=CCOc1c(OC)ccc2c1CN(C(C)C)C(=O)CCN2CC(O)COc1ccc(OC)cc1. The first-order valence-corrected chi connectivity index (χ1v) is 11.8. The lowest BCUT2D eigenvalue weighted by atomic mass is 10.0. The van der Waals surface area contributed by atoms with Gasteiger partial charge in [-0.1, -0.05) is 12.7 Å². The van der Waals surface area contributed by atoms with E-state index in [0.717, 1.165) is 17.0 Å². The van der Waals surface area contributed by atoms with E-state index in [4.69, 9.17) is 18.9 Å². The molecule has 0 radical (unpaired) electrons. The van der Waals surface area contributed by atoms with Crippen LogP contribution in [0.25, 0.3) is 0 Å². The van der Waals surface area contributed by atoms with Gasteiger partial charge in [0, 0.05) is 36.8 Å². The predicted octanol–water partition coefficient (Wildman–Crippen LogP) is 3.66. The Morgan fingerprint density at radius 1 is 1.06 bits per heavy atom. The molecule has 2 aromatic carbocycles. The molecule has 35 heavy (non-hydrogen) atoms. The Labute approximate surface area is 207 Å². The molecule has 1 unspecified atom stereocenters. The number of carbonyl (C=O) groups is 1. The van der Waals surface area contributed by atoms with Gasteiger partial charge in [-0.2, -0.15) is 0 Å². The molecular weight excluding hydrogens is 448 g/mol. The lowest BCUT2D eigenvalue weighted by Crippen LogP contribution is -2.44. The number of ether oxygens (including phenoxy) is 4. The second-order valence-corrected chi connectivity index (χ2v) is 8.65. The lowest BCUT2D eigenvalue weighted by molar-refractivity contribution is -0.133. The van der Waals surface area contributed by atoms with Crippen molar-refractivity contribution in [3.63, 3.8) is 0 Å². The summed E-state index contributed by atoms with van der Waals surface area (Å²) in [6.45, 7) is 9.30. The highest BCUT2D eigenvalue weighted by Crippen LogP contribution is 2.40. The van der Waals surface area contributed by atoms with Gasteiger partial charge >= 0.3 is 0 Å². The molecule has 1 N–H and O–H groups in total. The molecule has 0 bridgehead atoms. The van der Waals surface area contributed by atoms with Gasteiger partial charge in [-0.25, -0.2) is 0 Å². The zero-order valence-electron chi connectivity index (χ0n) is 21.0. The largest absolute Gasteiger partial charge is 0.497 e. The first kappa shape index (κ1) is 26.2. The summed E-state index contributed by atoms with van der Waals surface area (Å²) in [5, 5.41) is 10.8. The van der Waals surface area contributed by atoms with Gasteiger partial charge < -0.3 is 33.9 Å². The van der Waals surface area contributed by atoms with Crippen molar-refractivity contribution in [1.82, 2.24) is 4.90 Å². The van der Waals surface area contributed by atoms with Crippen LogP contribution in [-0.2, 0) is 11.3 Å². The molecule has 1 amide bonds. The number of rotatable bonds is 11. The minimum atomic E-state index is -0.777. The third kappa shape index (κ3) is 6.60. The van der Waals surface area contributed by atoms with Crippen LogP contribution in [-0.4, -0.2) is 68.6 Å². The fourth-order valence-corrected chi connectivity index (χ4v) is 4.09. The Balaban J connectivity index is 1.86. The molecule has 0 saturated heterocycles. The van der Waals surface area contributed by atoms with Gasteiger partial charge in [0.05, 0.1) is 20.8 Å². The maximum absolute atomic E-state index is 13.0. The van der Waals surface area contributed by atoms with Crippen LogP contribution in [0.2, 0.25) is 0 Å². The van der Waals surface area contributed by atoms with Gasteiger partial charge in [-0.3, -0.25) is 4.79 Å². The Morgan fingerprint density at radius 3 is 2.40 bits per heavy atom. The van der Waals surface area contributed by atoms with Gasteiger partial charge in [-0.15, -0.1) is 0 Å². The zero-order chi connectivity index (χ0) is 25.4. The van der Waals surface area contributed by atoms with E-state index in [1.54, 1.807) is 44.6 Å². The number of amides is 1. The lowest BCUT2D eigenvalue weighted by Gasteiger charge is -2.36. The number of anilines is 1. The topological polar surface area (TPSA) is 80.7 Å². The molecule has 2 aromatic rings. The summed E-state index contributed by atoms with van der Waals surface area (Å²) in [5.41, 5.74) is 1.74. The van der Waals surface area contributed by atoms with Crippen molar-refractivity contribution >= 4 is 11.6 Å². The predicted molar refractivity (Wildman–Crippen MR) is 136 cm³/mol. The van der Waals surface area contributed by atoms with Gasteiger partial charge in [0.2, 0.25) is 5.91 Å². The van der Waals surface area contributed by atoms with Crippen molar-refractivity contribution in [1.29, 1.82) is 0 Å². The molecule has 190 valence electrons. The van der Waals surface area contributed by atoms with Gasteiger partial charge in [0.25, 0.3) is 0 Å². The van der Waals surface area contributed by atoms with Crippen molar-refractivity contribution in [3.8, 4) is 23.0 Å². The van der Waals surface area contributed by atoms with E-state index >= 15 is 0 Å². The van der Waals surface area contributed by atoms with Crippen LogP contribution < -0.4 is 23.8 Å². The third-order valence-corrected chi connectivity index (χ3v) is 5.91. The molecule has 3 rings (SSSR count). The summed E-state index contributed by atoms with van der Waals surface area (Å²) in [4.78, 5) is 16.9. The first-order chi connectivity index (χ1) is 16.9. The van der Waals surface area contributed by atoms with Crippen LogP contribution in [0.3, 0.4) is 0 Å². The molecule has 0 spiro atoms. The summed E-state index contributed by atoms with van der Waals surface area (Å²) in [6, 6.07) is 11.1.